The van der Waals surface area contributed by atoms with Crippen molar-refractivity contribution in [1.29, 1.82) is 0 Å². The summed E-state index contributed by atoms with van der Waals surface area (Å²) in [7, 11) is 0. The molecular weight excluding hydrogens is 478 g/mol. The number of aliphatic hydroxyl groups excluding tert-OH is 4. The number of aliphatic hydroxyl groups is 4. The lowest BCUT2D eigenvalue weighted by Gasteiger charge is -2.39. The Labute approximate surface area is 204 Å². The molecule has 1 aliphatic rings. The van der Waals surface area contributed by atoms with E-state index in [-0.39, 0.29) is 17.3 Å². The lowest BCUT2D eigenvalue weighted by molar-refractivity contribution is -0.277. The van der Waals surface area contributed by atoms with E-state index in [0.717, 1.165) is 0 Å². The molecule has 2 aromatic carbocycles. The van der Waals surface area contributed by atoms with Gasteiger partial charge in [0.2, 0.25) is 12.1 Å². The molecule has 5 atom stereocenters. The van der Waals surface area contributed by atoms with Crippen molar-refractivity contribution in [3.05, 3.63) is 83.4 Å². The van der Waals surface area contributed by atoms with Crippen LogP contribution < -0.4 is 4.74 Å². The van der Waals surface area contributed by atoms with Gasteiger partial charge in [-0.15, -0.1) is 0 Å². The lowest BCUT2D eigenvalue weighted by atomic mass is 9.99. The first-order valence-corrected chi connectivity index (χ1v) is 11.2. The van der Waals surface area contributed by atoms with Gasteiger partial charge >= 0.3 is 0 Å². The van der Waals surface area contributed by atoms with Crippen LogP contribution in [0.3, 0.4) is 0 Å². The van der Waals surface area contributed by atoms with Crippen molar-refractivity contribution in [2.45, 2.75) is 30.7 Å². The minimum Gasteiger partial charge on any atom is -0.461 e. The number of furan rings is 1. The molecule has 0 spiro atoms. The van der Waals surface area contributed by atoms with Crippen LogP contribution in [0.4, 0.5) is 0 Å². The molecule has 182 valence electrons. The van der Waals surface area contributed by atoms with Crippen molar-refractivity contribution in [3.8, 4) is 11.4 Å². The number of halogens is 1. The van der Waals surface area contributed by atoms with E-state index < -0.39 is 37.3 Å². The van der Waals surface area contributed by atoms with E-state index in [1.165, 1.54) is 6.26 Å². The Morgan fingerprint density at radius 2 is 1.83 bits per heavy atom. The molecule has 35 heavy (non-hydrogen) atoms. The summed E-state index contributed by atoms with van der Waals surface area (Å²) in [6, 6.07) is 15.2. The van der Waals surface area contributed by atoms with Crippen LogP contribution in [-0.4, -0.2) is 68.1 Å². The molecule has 9 nitrogen and oxygen atoms in total. The molecule has 5 rings (SSSR count). The minimum absolute atomic E-state index is 0.185. The minimum atomic E-state index is -1.58. The molecule has 4 aromatic rings. The van der Waals surface area contributed by atoms with Gasteiger partial charge in [0.25, 0.3) is 0 Å². The maximum atomic E-state index is 13.1. The molecule has 1 saturated heterocycles. The van der Waals surface area contributed by atoms with Gasteiger partial charge < -0.3 is 38.9 Å². The van der Waals surface area contributed by atoms with Gasteiger partial charge in [0, 0.05) is 16.0 Å². The van der Waals surface area contributed by atoms with E-state index in [1.807, 2.05) is 0 Å². The zero-order chi connectivity index (χ0) is 24.7. The van der Waals surface area contributed by atoms with Crippen LogP contribution in [0, 0.1) is 0 Å². The Morgan fingerprint density at radius 3 is 2.57 bits per heavy atom. The summed E-state index contributed by atoms with van der Waals surface area (Å²) >= 11 is 6.27. The highest BCUT2D eigenvalue weighted by Crippen LogP contribution is 2.36. The highest BCUT2D eigenvalue weighted by atomic mass is 35.5. The number of rotatable bonds is 6. The van der Waals surface area contributed by atoms with Gasteiger partial charge in [0.15, 0.2) is 5.76 Å². The second-order valence-corrected chi connectivity index (χ2v) is 8.60. The van der Waals surface area contributed by atoms with E-state index in [2.05, 4.69) is 0 Å². The summed E-state index contributed by atoms with van der Waals surface area (Å²) in [5, 5.41) is 41.1. The molecule has 0 amide bonds. The maximum Gasteiger partial charge on any atom is 0.230 e. The van der Waals surface area contributed by atoms with Gasteiger partial charge in [-0.3, -0.25) is 4.79 Å². The summed E-state index contributed by atoms with van der Waals surface area (Å²) in [6.45, 7) is -0.579. The van der Waals surface area contributed by atoms with Gasteiger partial charge in [0.05, 0.1) is 30.3 Å². The fourth-order valence-corrected chi connectivity index (χ4v) is 4.33. The van der Waals surface area contributed by atoms with Crippen molar-refractivity contribution in [2.24, 2.45) is 0 Å². The Kier molecular flexibility index (Phi) is 6.37. The smallest absolute Gasteiger partial charge is 0.230 e. The molecule has 2 aromatic heterocycles. The van der Waals surface area contributed by atoms with Crippen LogP contribution in [0.15, 0.2) is 71.5 Å². The quantitative estimate of drug-likeness (QED) is 0.297. The van der Waals surface area contributed by atoms with Crippen molar-refractivity contribution in [2.75, 3.05) is 6.61 Å². The third-order valence-corrected chi connectivity index (χ3v) is 6.21. The predicted molar refractivity (Wildman–Crippen MR) is 125 cm³/mol. The highest BCUT2D eigenvalue weighted by molar-refractivity contribution is 6.31. The number of fused-ring (bicyclic) bond motifs is 1. The second kappa shape index (κ2) is 9.46. The monoisotopic (exact) mass is 499 g/mol. The molecule has 1 aliphatic heterocycles. The van der Waals surface area contributed by atoms with Gasteiger partial charge in [-0.25, -0.2) is 0 Å². The van der Waals surface area contributed by atoms with Gasteiger partial charge in [-0.1, -0.05) is 23.7 Å². The number of carbonyl (C=O) groups excluding carboxylic acids is 1. The number of para-hydroxylation sites is 1. The summed E-state index contributed by atoms with van der Waals surface area (Å²) in [6.07, 6.45) is -4.13. The second-order valence-electron chi connectivity index (χ2n) is 8.16. The number of benzene rings is 2. The van der Waals surface area contributed by atoms with Crippen LogP contribution >= 0.6 is 11.6 Å². The molecule has 0 saturated carbocycles. The van der Waals surface area contributed by atoms with E-state index in [9.17, 15) is 25.2 Å². The van der Waals surface area contributed by atoms with Crippen molar-refractivity contribution < 1.29 is 39.1 Å². The predicted octanol–water partition coefficient (Wildman–Crippen LogP) is 2.29. The van der Waals surface area contributed by atoms with Crippen LogP contribution in [0.25, 0.3) is 16.6 Å². The number of hydrogen-bond acceptors (Lipinski definition) is 8. The summed E-state index contributed by atoms with van der Waals surface area (Å²) in [4.78, 5) is 13.1. The van der Waals surface area contributed by atoms with E-state index >= 15 is 0 Å². The molecule has 1 fully saturated rings. The van der Waals surface area contributed by atoms with E-state index in [4.69, 9.17) is 25.5 Å². The third kappa shape index (κ3) is 4.23. The van der Waals surface area contributed by atoms with Crippen molar-refractivity contribution in [1.82, 2.24) is 4.57 Å². The molecule has 0 radical (unpaired) electrons. The van der Waals surface area contributed by atoms with Crippen LogP contribution in [0.1, 0.15) is 16.1 Å². The van der Waals surface area contributed by atoms with Gasteiger partial charge in [0.1, 0.15) is 30.2 Å². The first-order chi connectivity index (χ1) is 16.9. The zero-order valence-electron chi connectivity index (χ0n) is 18.2. The molecule has 0 aliphatic carbocycles. The van der Waals surface area contributed by atoms with E-state index in [1.54, 1.807) is 65.4 Å². The fraction of sp³-hybridized carbons (Fsp3) is 0.240. The first kappa shape index (κ1) is 23.6. The largest absolute Gasteiger partial charge is 0.461 e. The molecule has 0 unspecified atom stereocenters. The highest BCUT2D eigenvalue weighted by Gasteiger charge is 2.45. The maximum absolute atomic E-state index is 13.1. The van der Waals surface area contributed by atoms with Gasteiger partial charge in [-0.2, -0.15) is 0 Å². The molecule has 10 heteroatoms. The lowest BCUT2D eigenvalue weighted by Crippen LogP contribution is -2.60. The number of ether oxygens (including phenoxy) is 2. The number of nitrogens with zero attached hydrogens (tertiary/aromatic N) is 1. The first-order valence-electron chi connectivity index (χ1n) is 10.8. The number of aromatic nitrogens is 1. The molecule has 4 N–H and O–H groups in total. The van der Waals surface area contributed by atoms with E-state index in [0.29, 0.717) is 27.2 Å². The van der Waals surface area contributed by atoms with Crippen molar-refractivity contribution >= 4 is 28.3 Å². The fourth-order valence-electron chi connectivity index (χ4n) is 4.17. The normalized spacial score (nSPS) is 24.5. The summed E-state index contributed by atoms with van der Waals surface area (Å²) in [5.74, 6) is 0.136. The Balaban J connectivity index is 1.59. The Bertz CT molecular complexity index is 1350. The van der Waals surface area contributed by atoms with Crippen LogP contribution in [0.5, 0.6) is 5.75 Å². The van der Waals surface area contributed by atoms with Gasteiger partial charge in [-0.05, 0) is 42.5 Å². The summed E-state index contributed by atoms with van der Waals surface area (Å²) < 4.78 is 18.4. The topological polar surface area (TPSA) is 135 Å². The van der Waals surface area contributed by atoms with Crippen LogP contribution in [0.2, 0.25) is 5.02 Å². The van der Waals surface area contributed by atoms with Crippen molar-refractivity contribution in [3.63, 3.8) is 0 Å². The number of carbonyl (C=O) groups is 1. The number of hydrogen-bond donors (Lipinski definition) is 4. The average molecular weight is 500 g/mol. The zero-order valence-corrected chi connectivity index (χ0v) is 18.9. The van der Waals surface area contributed by atoms with Crippen LogP contribution in [-0.2, 0) is 4.74 Å². The SMILES string of the molecule is O=C(c1ccco1)c1ccccc1-n1cc(O[C@@H]2O[C@H](CO)[C@H](O)[C@H](O)[C@H]2O)c2ccc(Cl)cc21. The molecule has 3 heterocycles. The average Bonchev–Trinajstić information content (AvgIpc) is 3.52. The Hall–Kier alpha value is -3.18. The molecule has 0 bridgehead atoms. The standard InChI is InChI=1S/C25H22ClNO8/c26-13-7-8-14-17(10-13)27(16-5-2-1-4-15(16)21(29)18-6-3-9-33-18)11-19(14)34-25-24(32)23(31)22(30)20(12-28)35-25/h1-11,20,22-25,28,30-32H,12H2/t20-,22+,23+,24-,25-/m1/s1. The molecular formula is C25H22ClNO8. The Morgan fingerprint density at radius 1 is 1.03 bits per heavy atom. The summed E-state index contributed by atoms with van der Waals surface area (Å²) in [5.41, 5.74) is 1.51. The third-order valence-electron chi connectivity index (χ3n) is 5.98. The number of ketones is 1.